The Hall–Kier alpha value is -3.21. The minimum Gasteiger partial charge on any atom is -0.506 e. The number of carbonyl (C=O) groups excluding carboxylic acids is 2. The van der Waals surface area contributed by atoms with E-state index in [0.717, 1.165) is 5.39 Å². The van der Waals surface area contributed by atoms with E-state index in [4.69, 9.17) is 4.74 Å². The van der Waals surface area contributed by atoms with E-state index in [1.807, 2.05) is 12.1 Å². The summed E-state index contributed by atoms with van der Waals surface area (Å²) >= 11 is 0. The highest BCUT2D eigenvalue weighted by Crippen LogP contribution is 2.29. The third kappa shape index (κ3) is 3.88. The number of ether oxygens (including phenoxy) is 1. The van der Waals surface area contributed by atoms with E-state index in [1.54, 1.807) is 18.2 Å². The average molecular weight is 352 g/mol. The van der Waals surface area contributed by atoms with E-state index in [-0.39, 0.29) is 30.1 Å². The molecule has 0 amide bonds. The van der Waals surface area contributed by atoms with Crippen LogP contribution in [0.25, 0.3) is 10.8 Å². The summed E-state index contributed by atoms with van der Waals surface area (Å²) in [6, 6.07) is 15.8. The average Bonchev–Trinajstić information content (AvgIpc) is 2.66. The number of benzene rings is 3. The number of hydrogen-bond acceptors (Lipinski definition) is 4. The number of ketones is 1. The van der Waals surface area contributed by atoms with Crippen molar-refractivity contribution in [3.05, 3.63) is 77.6 Å². The molecule has 5 heteroatoms. The number of phenolic OH excluding ortho intramolecular Hbond substituents is 1. The summed E-state index contributed by atoms with van der Waals surface area (Å²) < 4.78 is 18.0. The molecule has 3 aromatic carbocycles. The first-order chi connectivity index (χ1) is 12.6. The molecular weight excluding hydrogens is 335 g/mol. The molecule has 0 bridgehead atoms. The summed E-state index contributed by atoms with van der Waals surface area (Å²) in [6.07, 6.45) is 0.527. The Bertz CT molecular complexity index is 948. The van der Waals surface area contributed by atoms with Gasteiger partial charge in [0.05, 0.1) is 6.61 Å². The molecule has 0 fully saturated rings. The maximum Gasteiger partial charge on any atom is 0.341 e. The number of phenols is 1. The van der Waals surface area contributed by atoms with Crippen LogP contribution in [0.2, 0.25) is 0 Å². The third-order valence-corrected chi connectivity index (χ3v) is 4.07. The van der Waals surface area contributed by atoms with Crippen LogP contribution in [0.4, 0.5) is 4.39 Å². The minimum absolute atomic E-state index is 0.0536. The number of fused-ring (bicyclic) bond motifs is 1. The van der Waals surface area contributed by atoms with Crippen molar-refractivity contribution >= 4 is 22.5 Å². The molecule has 26 heavy (non-hydrogen) atoms. The molecule has 3 rings (SSSR count). The van der Waals surface area contributed by atoms with Crippen LogP contribution < -0.4 is 0 Å². The fourth-order valence-electron chi connectivity index (χ4n) is 2.68. The topological polar surface area (TPSA) is 63.6 Å². The molecule has 0 radical (unpaired) electrons. The lowest BCUT2D eigenvalue weighted by atomic mass is 10.1. The van der Waals surface area contributed by atoms with Gasteiger partial charge in [0.15, 0.2) is 5.78 Å². The van der Waals surface area contributed by atoms with Crippen LogP contribution in [0.3, 0.4) is 0 Å². The molecule has 0 spiro atoms. The molecule has 0 atom stereocenters. The van der Waals surface area contributed by atoms with Gasteiger partial charge >= 0.3 is 5.97 Å². The van der Waals surface area contributed by atoms with Crippen molar-refractivity contribution in [2.75, 3.05) is 6.61 Å². The van der Waals surface area contributed by atoms with Crippen LogP contribution in [-0.4, -0.2) is 23.5 Å². The SMILES string of the molecule is O=C(CCCOC(=O)c1ccc2ccccc2c1O)c1ccc(F)cc1. The zero-order chi connectivity index (χ0) is 18.5. The van der Waals surface area contributed by atoms with E-state index < -0.39 is 11.8 Å². The van der Waals surface area contributed by atoms with Gasteiger partial charge in [0.25, 0.3) is 0 Å². The van der Waals surface area contributed by atoms with Crippen molar-refractivity contribution in [1.82, 2.24) is 0 Å². The first-order valence-electron chi connectivity index (χ1n) is 8.23. The van der Waals surface area contributed by atoms with Crippen LogP contribution in [0.5, 0.6) is 5.75 Å². The molecule has 0 unspecified atom stereocenters. The van der Waals surface area contributed by atoms with Gasteiger partial charge in [-0.1, -0.05) is 30.3 Å². The van der Waals surface area contributed by atoms with Crippen LogP contribution in [0.15, 0.2) is 60.7 Å². The fraction of sp³-hybridized carbons (Fsp3) is 0.143. The molecule has 0 heterocycles. The standard InChI is InChI=1S/C21H17FO4/c22-16-10-7-15(8-11-16)19(23)6-3-13-26-21(25)18-12-9-14-4-1-2-5-17(14)20(18)24/h1-2,4-5,7-12,24H,3,6,13H2. The molecule has 4 nitrogen and oxygen atoms in total. The number of esters is 1. The van der Waals surface area contributed by atoms with Crippen molar-refractivity contribution in [2.45, 2.75) is 12.8 Å². The number of Topliss-reactive ketones (excluding diaryl/α,β-unsaturated/α-hetero) is 1. The van der Waals surface area contributed by atoms with Gasteiger partial charge in [-0.05, 0) is 42.1 Å². The van der Waals surface area contributed by atoms with Gasteiger partial charge in [-0.3, -0.25) is 4.79 Å². The van der Waals surface area contributed by atoms with Gasteiger partial charge in [0.2, 0.25) is 0 Å². The van der Waals surface area contributed by atoms with Crippen molar-refractivity contribution in [3.8, 4) is 5.75 Å². The molecule has 0 aliphatic rings. The minimum atomic E-state index is -0.637. The Morgan fingerprint density at radius 3 is 2.46 bits per heavy atom. The number of aromatic hydroxyl groups is 1. The second kappa shape index (κ2) is 7.78. The predicted octanol–water partition coefficient (Wildman–Crippen LogP) is 4.50. The molecule has 0 saturated heterocycles. The smallest absolute Gasteiger partial charge is 0.341 e. The highest BCUT2D eigenvalue weighted by Gasteiger charge is 2.15. The lowest BCUT2D eigenvalue weighted by Gasteiger charge is -2.08. The van der Waals surface area contributed by atoms with Gasteiger partial charge in [-0.2, -0.15) is 0 Å². The van der Waals surface area contributed by atoms with E-state index in [0.29, 0.717) is 17.4 Å². The van der Waals surface area contributed by atoms with Gasteiger partial charge < -0.3 is 9.84 Å². The van der Waals surface area contributed by atoms with E-state index >= 15 is 0 Å². The molecular formula is C21H17FO4. The fourth-order valence-corrected chi connectivity index (χ4v) is 2.68. The van der Waals surface area contributed by atoms with Crippen molar-refractivity contribution in [3.63, 3.8) is 0 Å². The summed E-state index contributed by atoms with van der Waals surface area (Å²) in [5, 5.41) is 11.7. The monoisotopic (exact) mass is 352 g/mol. The molecule has 0 aliphatic heterocycles. The Labute approximate surface area is 149 Å². The lowest BCUT2D eigenvalue weighted by Crippen LogP contribution is -2.08. The summed E-state index contributed by atoms with van der Waals surface area (Å²) in [5.41, 5.74) is 0.512. The second-order valence-corrected chi connectivity index (χ2v) is 5.85. The highest BCUT2D eigenvalue weighted by molar-refractivity contribution is 6.01. The van der Waals surface area contributed by atoms with Crippen LogP contribution in [0, 0.1) is 5.82 Å². The van der Waals surface area contributed by atoms with Gasteiger partial charge in [-0.15, -0.1) is 0 Å². The lowest BCUT2D eigenvalue weighted by molar-refractivity contribution is 0.0491. The number of carbonyl (C=O) groups is 2. The van der Waals surface area contributed by atoms with Crippen LogP contribution in [0.1, 0.15) is 33.6 Å². The third-order valence-electron chi connectivity index (χ3n) is 4.07. The van der Waals surface area contributed by atoms with Gasteiger partial charge in [-0.25, -0.2) is 9.18 Å². The van der Waals surface area contributed by atoms with E-state index in [1.165, 1.54) is 30.3 Å². The molecule has 0 aliphatic carbocycles. The zero-order valence-corrected chi connectivity index (χ0v) is 13.9. The second-order valence-electron chi connectivity index (χ2n) is 5.85. The van der Waals surface area contributed by atoms with Gasteiger partial charge in [0, 0.05) is 17.4 Å². The van der Waals surface area contributed by atoms with Crippen molar-refractivity contribution in [2.24, 2.45) is 0 Å². The number of rotatable bonds is 6. The Balaban J connectivity index is 1.55. The first kappa shape index (κ1) is 17.6. The highest BCUT2D eigenvalue weighted by atomic mass is 19.1. The normalized spacial score (nSPS) is 10.7. The largest absolute Gasteiger partial charge is 0.506 e. The quantitative estimate of drug-likeness (QED) is 0.403. The molecule has 132 valence electrons. The van der Waals surface area contributed by atoms with Crippen LogP contribution in [-0.2, 0) is 4.74 Å². The zero-order valence-electron chi connectivity index (χ0n) is 13.9. The first-order valence-corrected chi connectivity index (χ1v) is 8.23. The van der Waals surface area contributed by atoms with E-state index in [9.17, 15) is 19.1 Å². The van der Waals surface area contributed by atoms with E-state index in [2.05, 4.69) is 0 Å². The van der Waals surface area contributed by atoms with Crippen LogP contribution >= 0.6 is 0 Å². The van der Waals surface area contributed by atoms with Gasteiger partial charge in [0.1, 0.15) is 17.1 Å². The molecule has 0 aromatic heterocycles. The molecule has 1 N–H and O–H groups in total. The molecule has 0 saturated carbocycles. The summed E-state index contributed by atoms with van der Waals surface area (Å²) in [7, 11) is 0. The van der Waals surface area contributed by atoms with Crippen molar-refractivity contribution < 1.29 is 23.8 Å². The number of hydrogen-bond donors (Lipinski definition) is 1. The summed E-state index contributed by atoms with van der Waals surface area (Å²) in [4.78, 5) is 24.1. The Kier molecular flexibility index (Phi) is 5.27. The Morgan fingerprint density at radius 2 is 1.69 bits per heavy atom. The summed E-state index contributed by atoms with van der Waals surface area (Å²) in [6.45, 7) is 0.0536. The summed E-state index contributed by atoms with van der Waals surface area (Å²) in [5.74, 6) is -1.29. The maximum absolute atomic E-state index is 12.8. The number of halogens is 1. The molecule has 3 aromatic rings. The predicted molar refractivity (Wildman–Crippen MR) is 95.9 cm³/mol. The maximum atomic E-state index is 12.8. The van der Waals surface area contributed by atoms with Crippen molar-refractivity contribution in [1.29, 1.82) is 0 Å². The Morgan fingerprint density at radius 1 is 0.962 bits per heavy atom.